The third-order valence-electron chi connectivity index (χ3n) is 3.49. The van der Waals surface area contributed by atoms with E-state index in [0.29, 0.717) is 5.16 Å². The molecular formula is C16H21N5O2S. The molecule has 0 fully saturated rings. The highest BCUT2D eigenvalue weighted by atomic mass is 32.2. The molecule has 128 valence electrons. The second-order valence-electron chi connectivity index (χ2n) is 5.79. The van der Waals surface area contributed by atoms with Crippen molar-refractivity contribution in [2.45, 2.75) is 38.1 Å². The smallest absolute Gasteiger partial charge is 0.318 e. The predicted octanol–water partition coefficient (Wildman–Crippen LogP) is 2.20. The Morgan fingerprint density at radius 2 is 1.88 bits per heavy atom. The Bertz CT molecular complexity index is 757. The van der Waals surface area contributed by atoms with Gasteiger partial charge in [0.2, 0.25) is 5.91 Å². The number of nitrogens with two attached hydrogens (primary N) is 1. The molecule has 1 aromatic heterocycles. The molecule has 0 aliphatic heterocycles. The van der Waals surface area contributed by atoms with Gasteiger partial charge in [-0.05, 0) is 31.4 Å². The summed E-state index contributed by atoms with van der Waals surface area (Å²) in [6, 6.07) is 7.02. The average molecular weight is 347 g/mol. The number of carbonyl (C=O) groups excluding carboxylic acids is 2. The van der Waals surface area contributed by atoms with Gasteiger partial charge >= 0.3 is 6.03 Å². The van der Waals surface area contributed by atoms with Crippen LogP contribution in [0.3, 0.4) is 0 Å². The van der Waals surface area contributed by atoms with Crippen molar-refractivity contribution in [1.82, 2.24) is 20.1 Å². The van der Waals surface area contributed by atoms with Gasteiger partial charge in [0, 0.05) is 0 Å². The number of nitrogens with zero attached hydrogens (tertiary/aromatic N) is 3. The molecule has 1 aromatic carbocycles. The van der Waals surface area contributed by atoms with E-state index >= 15 is 0 Å². The van der Waals surface area contributed by atoms with E-state index in [4.69, 9.17) is 5.73 Å². The van der Waals surface area contributed by atoms with Crippen LogP contribution in [0, 0.1) is 19.8 Å². The minimum Gasteiger partial charge on any atom is -0.351 e. The lowest BCUT2D eigenvalue weighted by Crippen LogP contribution is -2.42. The van der Waals surface area contributed by atoms with E-state index < -0.39 is 17.2 Å². The number of imide groups is 1. The number of para-hydroxylation sites is 1. The van der Waals surface area contributed by atoms with Crippen LogP contribution in [0.1, 0.15) is 25.2 Å². The van der Waals surface area contributed by atoms with Crippen LogP contribution in [0.2, 0.25) is 0 Å². The topological polar surface area (TPSA) is 103 Å². The van der Waals surface area contributed by atoms with E-state index in [0.717, 1.165) is 17.1 Å². The second-order valence-corrected chi connectivity index (χ2v) is 6.90. The first-order chi connectivity index (χ1) is 11.3. The van der Waals surface area contributed by atoms with Crippen LogP contribution in [0.4, 0.5) is 4.79 Å². The highest BCUT2D eigenvalue weighted by Crippen LogP contribution is 2.30. The molecule has 0 spiro atoms. The number of urea groups is 1. The standard InChI is InChI=1S/C16H21N5O2S/c1-9(2)13(14(22)18-15(17)23)24-16-20-19-11(4)21(16)12-8-6-5-7-10(12)3/h5-9,13H,1-4H3,(H3,17,18,22,23). The van der Waals surface area contributed by atoms with Crippen molar-refractivity contribution >= 4 is 23.7 Å². The van der Waals surface area contributed by atoms with Crippen LogP contribution in [0.25, 0.3) is 5.69 Å². The summed E-state index contributed by atoms with van der Waals surface area (Å²) in [5.74, 6) is 0.278. The maximum Gasteiger partial charge on any atom is 0.318 e. The van der Waals surface area contributed by atoms with Crippen LogP contribution in [0.15, 0.2) is 29.4 Å². The minimum atomic E-state index is -0.859. The van der Waals surface area contributed by atoms with Crippen molar-refractivity contribution < 1.29 is 9.59 Å². The number of rotatable bonds is 5. The monoisotopic (exact) mass is 347 g/mol. The Hall–Kier alpha value is -2.35. The molecule has 3 N–H and O–H groups in total. The van der Waals surface area contributed by atoms with Gasteiger partial charge in [0.1, 0.15) is 5.82 Å². The normalized spacial score (nSPS) is 12.2. The highest BCUT2D eigenvalue weighted by molar-refractivity contribution is 8.00. The number of hydrogen-bond acceptors (Lipinski definition) is 5. The molecular weight excluding hydrogens is 326 g/mol. The molecule has 2 rings (SSSR count). The molecule has 3 amide bonds. The van der Waals surface area contributed by atoms with Crippen molar-refractivity contribution in [3.63, 3.8) is 0 Å². The van der Waals surface area contributed by atoms with Crippen LogP contribution in [-0.2, 0) is 4.79 Å². The molecule has 0 saturated heterocycles. The number of benzene rings is 1. The predicted molar refractivity (Wildman–Crippen MR) is 93.0 cm³/mol. The lowest BCUT2D eigenvalue weighted by molar-refractivity contribution is -0.120. The van der Waals surface area contributed by atoms with E-state index in [-0.39, 0.29) is 5.92 Å². The summed E-state index contributed by atoms with van der Waals surface area (Å²) in [4.78, 5) is 23.2. The van der Waals surface area contributed by atoms with E-state index in [9.17, 15) is 9.59 Å². The van der Waals surface area contributed by atoms with Crippen molar-refractivity contribution in [2.24, 2.45) is 11.7 Å². The molecule has 8 heteroatoms. The fourth-order valence-corrected chi connectivity index (χ4v) is 3.40. The molecule has 2 aromatic rings. The van der Waals surface area contributed by atoms with Gasteiger partial charge in [-0.1, -0.05) is 43.8 Å². The van der Waals surface area contributed by atoms with Crippen LogP contribution >= 0.6 is 11.8 Å². The van der Waals surface area contributed by atoms with Gasteiger partial charge in [-0.15, -0.1) is 10.2 Å². The number of aromatic nitrogens is 3. The lowest BCUT2D eigenvalue weighted by atomic mass is 10.1. The third kappa shape index (κ3) is 3.94. The summed E-state index contributed by atoms with van der Waals surface area (Å²) in [5, 5.41) is 10.6. The number of carbonyl (C=O) groups is 2. The molecule has 1 unspecified atom stereocenters. The van der Waals surface area contributed by atoms with Crippen LogP contribution in [-0.4, -0.2) is 32.0 Å². The Morgan fingerprint density at radius 3 is 2.46 bits per heavy atom. The van der Waals surface area contributed by atoms with Gasteiger partial charge in [-0.3, -0.25) is 14.7 Å². The average Bonchev–Trinajstić information content (AvgIpc) is 2.85. The Kier molecular flexibility index (Phi) is 5.61. The van der Waals surface area contributed by atoms with Crippen LogP contribution in [0.5, 0.6) is 0 Å². The van der Waals surface area contributed by atoms with Gasteiger partial charge in [0.15, 0.2) is 5.16 Å². The number of amides is 3. The summed E-state index contributed by atoms with van der Waals surface area (Å²) in [6.45, 7) is 7.67. The fraction of sp³-hybridized carbons (Fsp3) is 0.375. The molecule has 1 heterocycles. The minimum absolute atomic E-state index is 0.0170. The van der Waals surface area contributed by atoms with Gasteiger partial charge in [0.05, 0.1) is 10.9 Å². The SMILES string of the molecule is Cc1ccccc1-n1c(C)nnc1SC(C(=O)NC(N)=O)C(C)C. The first kappa shape index (κ1) is 18.0. The van der Waals surface area contributed by atoms with Gasteiger partial charge in [-0.2, -0.15) is 0 Å². The first-order valence-electron chi connectivity index (χ1n) is 7.56. The molecule has 7 nitrogen and oxygen atoms in total. The van der Waals surface area contributed by atoms with E-state index in [1.54, 1.807) is 0 Å². The van der Waals surface area contributed by atoms with Crippen molar-refractivity contribution in [3.8, 4) is 5.69 Å². The Balaban J connectivity index is 2.38. The molecule has 0 aliphatic rings. The van der Waals surface area contributed by atoms with E-state index in [1.165, 1.54) is 11.8 Å². The molecule has 1 atom stereocenters. The number of primary amides is 1. The lowest BCUT2D eigenvalue weighted by Gasteiger charge is -2.19. The summed E-state index contributed by atoms with van der Waals surface area (Å²) in [5.41, 5.74) is 7.09. The van der Waals surface area contributed by atoms with Gasteiger partial charge in [0.25, 0.3) is 0 Å². The highest BCUT2D eigenvalue weighted by Gasteiger charge is 2.27. The number of thioether (sulfide) groups is 1. The van der Waals surface area contributed by atoms with Crippen molar-refractivity contribution in [3.05, 3.63) is 35.7 Å². The van der Waals surface area contributed by atoms with E-state index in [1.807, 2.05) is 56.5 Å². The third-order valence-corrected chi connectivity index (χ3v) is 4.98. The first-order valence-corrected chi connectivity index (χ1v) is 8.44. The van der Waals surface area contributed by atoms with Gasteiger partial charge in [-0.25, -0.2) is 4.79 Å². The Labute approximate surface area is 145 Å². The number of nitrogens with one attached hydrogen (secondary N) is 1. The van der Waals surface area contributed by atoms with E-state index in [2.05, 4.69) is 15.5 Å². The quantitative estimate of drug-likeness (QED) is 0.807. The molecule has 0 radical (unpaired) electrons. The zero-order chi connectivity index (χ0) is 17.9. The van der Waals surface area contributed by atoms with Crippen molar-refractivity contribution in [1.29, 1.82) is 0 Å². The zero-order valence-electron chi connectivity index (χ0n) is 14.1. The summed E-state index contributed by atoms with van der Waals surface area (Å²) < 4.78 is 1.91. The summed E-state index contributed by atoms with van der Waals surface area (Å²) in [6.07, 6.45) is 0. The second kappa shape index (κ2) is 7.48. The van der Waals surface area contributed by atoms with Crippen LogP contribution < -0.4 is 11.1 Å². The number of hydrogen-bond donors (Lipinski definition) is 2. The molecule has 0 aliphatic carbocycles. The molecule has 0 saturated carbocycles. The molecule has 0 bridgehead atoms. The maximum atomic E-state index is 12.2. The largest absolute Gasteiger partial charge is 0.351 e. The molecule has 24 heavy (non-hydrogen) atoms. The zero-order valence-corrected chi connectivity index (χ0v) is 14.9. The number of aryl methyl sites for hydroxylation is 2. The Morgan fingerprint density at radius 1 is 1.21 bits per heavy atom. The summed E-state index contributed by atoms with van der Waals surface area (Å²) in [7, 11) is 0. The maximum absolute atomic E-state index is 12.2. The van der Waals surface area contributed by atoms with Gasteiger partial charge < -0.3 is 5.73 Å². The fourth-order valence-electron chi connectivity index (χ4n) is 2.31. The summed E-state index contributed by atoms with van der Waals surface area (Å²) >= 11 is 1.27. The van der Waals surface area contributed by atoms with Crippen molar-refractivity contribution in [2.75, 3.05) is 0 Å².